The number of aryl methyl sites for hydroxylation is 1. The quantitative estimate of drug-likeness (QED) is 0.798. The summed E-state index contributed by atoms with van der Waals surface area (Å²) in [6, 6.07) is 6.32. The lowest BCUT2D eigenvalue weighted by Gasteiger charge is -2.34. The molecule has 1 amide bonds. The van der Waals surface area contributed by atoms with Crippen LogP contribution in [0.15, 0.2) is 18.2 Å². The lowest BCUT2D eigenvalue weighted by molar-refractivity contribution is -0.116. The van der Waals surface area contributed by atoms with Crippen LogP contribution in [0.25, 0.3) is 0 Å². The molecule has 1 aromatic carbocycles. The van der Waals surface area contributed by atoms with Gasteiger partial charge in [-0.3, -0.25) is 4.79 Å². The lowest BCUT2D eigenvalue weighted by Crippen LogP contribution is -2.38. The molecule has 0 radical (unpaired) electrons. The fraction of sp³-hybridized carbons (Fsp3) is 0.533. The average molecular weight is 244 g/mol. The molecule has 3 rings (SSSR count). The monoisotopic (exact) mass is 244 g/mol. The molecule has 3 heteroatoms. The van der Waals surface area contributed by atoms with Crippen LogP contribution in [0.5, 0.6) is 0 Å². The Balaban J connectivity index is 1.92. The Labute approximate surface area is 108 Å². The van der Waals surface area contributed by atoms with E-state index in [9.17, 15) is 4.79 Å². The SMILES string of the molecule is NC1(c2ccc3c(c2)CCC(=O)N3)CCCCC1. The first-order valence-corrected chi connectivity index (χ1v) is 6.90. The molecule has 96 valence electrons. The van der Waals surface area contributed by atoms with Gasteiger partial charge in [0, 0.05) is 17.6 Å². The molecule has 0 spiro atoms. The third-order valence-electron chi connectivity index (χ3n) is 4.32. The van der Waals surface area contributed by atoms with Gasteiger partial charge in [-0.1, -0.05) is 31.4 Å². The van der Waals surface area contributed by atoms with E-state index >= 15 is 0 Å². The van der Waals surface area contributed by atoms with Crippen molar-refractivity contribution in [1.82, 2.24) is 0 Å². The molecule has 0 bridgehead atoms. The van der Waals surface area contributed by atoms with E-state index < -0.39 is 0 Å². The summed E-state index contributed by atoms with van der Waals surface area (Å²) in [5.74, 6) is 0.121. The number of carbonyl (C=O) groups excluding carboxylic acids is 1. The summed E-state index contributed by atoms with van der Waals surface area (Å²) in [7, 11) is 0. The van der Waals surface area contributed by atoms with Gasteiger partial charge in [0.2, 0.25) is 5.91 Å². The minimum Gasteiger partial charge on any atom is -0.326 e. The summed E-state index contributed by atoms with van der Waals surface area (Å²) in [5.41, 5.74) is 9.86. The molecule has 0 unspecified atom stereocenters. The molecule has 0 aromatic heterocycles. The molecule has 0 atom stereocenters. The van der Waals surface area contributed by atoms with Gasteiger partial charge in [0.15, 0.2) is 0 Å². The average Bonchev–Trinajstić information content (AvgIpc) is 2.39. The fourth-order valence-corrected chi connectivity index (χ4v) is 3.16. The third-order valence-corrected chi connectivity index (χ3v) is 4.32. The second-order valence-electron chi connectivity index (χ2n) is 5.64. The van der Waals surface area contributed by atoms with Crippen LogP contribution in [-0.2, 0) is 16.8 Å². The van der Waals surface area contributed by atoms with E-state index in [-0.39, 0.29) is 11.4 Å². The van der Waals surface area contributed by atoms with Gasteiger partial charge in [-0.25, -0.2) is 0 Å². The Bertz CT molecular complexity index is 475. The fourth-order valence-electron chi connectivity index (χ4n) is 3.16. The molecule has 2 aliphatic rings. The Morgan fingerprint density at radius 2 is 1.89 bits per heavy atom. The summed E-state index contributed by atoms with van der Waals surface area (Å²) in [4.78, 5) is 11.3. The van der Waals surface area contributed by atoms with Crippen LogP contribution >= 0.6 is 0 Å². The second-order valence-corrected chi connectivity index (χ2v) is 5.64. The lowest BCUT2D eigenvalue weighted by atomic mass is 9.76. The van der Waals surface area contributed by atoms with Crippen molar-refractivity contribution in [2.45, 2.75) is 50.5 Å². The van der Waals surface area contributed by atoms with Crippen LogP contribution in [0.1, 0.15) is 49.7 Å². The van der Waals surface area contributed by atoms with Crippen molar-refractivity contribution < 1.29 is 4.79 Å². The van der Waals surface area contributed by atoms with E-state index in [1.165, 1.54) is 30.4 Å². The maximum absolute atomic E-state index is 11.3. The van der Waals surface area contributed by atoms with E-state index in [2.05, 4.69) is 17.4 Å². The Morgan fingerprint density at radius 3 is 2.67 bits per heavy atom. The topological polar surface area (TPSA) is 55.1 Å². The first-order valence-electron chi connectivity index (χ1n) is 6.90. The highest BCUT2D eigenvalue weighted by molar-refractivity contribution is 5.93. The predicted octanol–water partition coefficient (Wildman–Crippen LogP) is 2.69. The summed E-state index contributed by atoms with van der Waals surface area (Å²) in [6.45, 7) is 0. The zero-order chi connectivity index (χ0) is 12.6. The number of hydrogen-bond donors (Lipinski definition) is 2. The maximum Gasteiger partial charge on any atom is 0.224 e. The van der Waals surface area contributed by atoms with Gasteiger partial charge >= 0.3 is 0 Å². The van der Waals surface area contributed by atoms with Crippen molar-refractivity contribution in [2.75, 3.05) is 5.32 Å². The molecule has 1 heterocycles. The van der Waals surface area contributed by atoms with Crippen LogP contribution in [0, 0.1) is 0 Å². The van der Waals surface area contributed by atoms with E-state index in [0.29, 0.717) is 6.42 Å². The van der Waals surface area contributed by atoms with Crippen LogP contribution in [0.3, 0.4) is 0 Å². The molecular weight excluding hydrogens is 224 g/mol. The molecule has 3 nitrogen and oxygen atoms in total. The first-order chi connectivity index (χ1) is 8.67. The number of nitrogens with two attached hydrogens (primary N) is 1. The van der Waals surface area contributed by atoms with E-state index in [4.69, 9.17) is 5.73 Å². The molecular formula is C15H20N2O. The number of carbonyl (C=O) groups is 1. The van der Waals surface area contributed by atoms with Crippen molar-refractivity contribution in [3.8, 4) is 0 Å². The summed E-state index contributed by atoms with van der Waals surface area (Å²) < 4.78 is 0. The highest BCUT2D eigenvalue weighted by Crippen LogP contribution is 2.36. The molecule has 1 aliphatic carbocycles. The van der Waals surface area contributed by atoms with Crippen molar-refractivity contribution in [2.24, 2.45) is 5.73 Å². The van der Waals surface area contributed by atoms with Crippen LogP contribution in [0.2, 0.25) is 0 Å². The summed E-state index contributed by atoms with van der Waals surface area (Å²) in [6.07, 6.45) is 7.35. The Kier molecular flexibility index (Phi) is 2.86. The standard InChI is InChI=1S/C15H20N2O/c16-15(8-2-1-3-9-15)12-5-6-13-11(10-12)4-7-14(18)17-13/h5-6,10H,1-4,7-9,16H2,(H,17,18). The van der Waals surface area contributed by atoms with Crippen LogP contribution in [0.4, 0.5) is 5.69 Å². The number of nitrogens with one attached hydrogen (secondary N) is 1. The molecule has 1 aliphatic heterocycles. The van der Waals surface area contributed by atoms with Crippen molar-refractivity contribution in [1.29, 1.82) is 0 Å². The molecule has 18 heavy (non-hydrogen) atoms. The van der Waals surface area contributed by atoms with E-state index in [0.717, 1.165) is 24.9 Å². The van der Waals surface area contributed by atoms with Crippen molar-refractivity contribution >= 4 is 11.6 Å². The maximum atomic E-state index is 11.3. The van der Waals surface area contributed by atoms with Gasteiger partial charge in [-0.15, -0.1) is 0 Å². The van der Waals surface area contributed by atoms with E-state index in [1.807, 2.05) is 6.07 Å². The largest absolute Gasteiger partial charge is 0.326 e. The minimum absolute atomic E-state index is 0.121. The number of amides is 1. The predicted molar refractivity (Wildman–Crippen MR) is 72.3 cm³/mol. The number of rotatable bonds is 1. The molecule has 0 saturated heterocycles. The number of benzene rings is 1. The Morgan fingerprint density at radius 1 is 1.11 bits per heavy atom. The van der Waals surface area contributed by atoms with Crippen molar-refractivity contribution in [3.63, 3.8) is 0 Å². The van der Waals surface area contributed by atoms with Gasteiger partial charge < -0.3 is 11.1 Å². The number of anilines is 1. The van der Waals surface area contributed by atoms with Gasteiger partial charge in [-0.2, -0.15) is 0 Å². The molecule has 3 N–H and O–H groups in total. The summed E-state index contributed by atoms with van der Waals surface area (Å²) >= 11 is 0. The molecule has 1 fully saturated rings. The molecule has 1 saturated carbocycles. The van der Waals surface area contributed by atoms with Crippen LogP contribution < -0.4 is 11.1 Å². The second kappa shape index (κ2) is 4.39. The minimum atomic E-state index is -0.144. The zero-order valence-corrected chi connectivity index (χ0v) is 10.7. The number of hydrogen-bond acceptors (Lipinski definition) is 2. The van der Waals surface area contributed by atoms with Crippen molar-refractivity contribution in [3.05, 3.63) is 29.3 Å². The normalized spacial score (nSPS) is 22.2. The smallest absolute Gasteiger partial charge is 0.224 e. The third kappa shape index (κ3) is 2.03. The highest BCUT2D eigenvalue weighted by Gasteiger charge is 2.30. The van der Waals surface area contributed by atoms with Gasteiger partial charge in [0.1, 0.15) is 0 Å². The van der Waals surface area contributed by atoms with Gasteiger partial charge in [0.25, 0.3) is 0 Å². The van der Waals surface area contributed by atoms with Gasteiger partial charge in [-0.05, 0) is 36.5 Å². The van der Waals surface area contributed by atoms with Gasteiger partial charge in [0.05, 0.1) is 0 Å². The number of fused-ring (bicyclic) bond motifs is 1. The highest BCUT2D eigenvalue weighted by atomic mass is 16.1. The summed E-state index contributed by atoms with van der Waals surface area (Å²) in [5, 5.41) is 2.92. The van der Waals surface area contributed by atoms with Crippen LogP contribution in [-0.4, -0.2) is 5.91 Å². The molecule has 1 aromatic rings. The first kappa shape index (κ1) is 11.7. The zero-order valence-electron chi connectivity index (χ0n) is 10.7. The Hall–Kier alpha value is -1.35. The van der Waals surface area contributed by atoms with E-state index in [1.54, 1.807) is 0 Å².